The average molecular weight is 911 g/mol. The van der Waals surface area contributed by atoms with Crippen LogP contribution in [0.25, 0.3) is 22.3 Å². The first-order chi connectivity index (χ1) is 30.0. The minimum atomic E-state index is -1.42. The first-order valence-electron chi connectivity index (χ1n) is 22.3. The number of hydrogen-bond acceptors (Lipinski definition) is 13. The molecule has 8 atom stereocenters. The Kier molecular flexibility index (Phi) is 13.0. The molecule has 2 unspecified atom stereocenters. The maximum atomic E-state index is 14.8. The van der Waals surface area contributed by atoms with Gasteiger partial charge in [0.05, 0.1) is 31.0 Å². The number of anilines is 1. The third-order valence-electron chi connectivity index (χ3n) is 13.1. The number of rotatable bonds is 16. The van der Waals surface area contributed by atoms with E-state index in [4.69, 9.17) is 40.5 Å². The molecule has 16 nitrogen and oxygen atoms in total. The van der Waals surface area contributed by atoms with Gasteiger partial charge in [-0.25, -0.2) is 19.6 Å². The first kappa shape index (κ1) is 45.1. The van der Waals surface area contributed by atoms with Crippen LogP contribution in [0.2, 0.25) is 5.02 Å². The molecule has 4 heterocycles. The Hall–Kier alpha value is -4.45. The van der Waals surface area contributed by atoms with Gasteiger partial charge in [0.25, 0.3) is 0 Å². The number of hydrogen-bond donors (Lipinski definition) is 4. The van der Waals surface area contributed by atoms with Crippen molar-refractivity contribution >= 4 is 62.8 Å². The van der Waals surface area contributed by atoms with Gasteiger partial charge in [0.1, 0.15) is 58.7 Å². The van der Waals surface area contributed by atoms with Crippen molar-refractivity contribution in [2.75, 3.05) is 51.3 Å². The number of carbonyl (C=O) groups is 4. The summed E-state index contributed by atoms with van der Waals surface area (Å²) in [5, 5.41) is 22.7. The number of nitrogens with one attached hydrogen (secondary N) is 3. The lowest BCUT2D eigenvalue weighted by Crippen LogP contribution is -2.59. The standard InChI is InChI=1S/C45H60ClN7O9S/c1-7-27-21-45(27,41(56)57)51-39(54)33-19-29(22-53(33)40(55)38(44(4,5)6)50-43(58)62-28-17-25-16-26(25)18-28)61-35-20-31(32-23-63-42(49-32)47-24(2)3)48-37-30(35)8-9-34(36(37)46)60-15-12-52-10-13-59-14-11-52/h8-9,20,23-29,33,38H,7,10-19,21-22H2,1-6H3,(H,47,49)(H,50,58)(H,51,54)(H,56,57)/t25-,26+,27-,28?,29-,33?,38-,45-/m1/s1. The third kappa shape index (κ3) is 9.96. The molecule has 342 valence electrons. The van der Waals surface area contributed by atoms with Crippen molar-refractivity contribution < 1.29 is 43.2 Å². The maximum Gasteiger partial charge on any atom is 0.408 e. The van der Waals surface area contributed by atoms with Gasteiger partial charge < -0.3 is 44.9 Å². The predicted molar refractivity (Wildman–Crippen MR) is 238 cm³/mol. The van der Waals surface area contributed by atoms with E-state index in [0.717, 1.165) is 31.1 Å². The number of halogens is 1. The summed E-state index contributed by atoms with van der Waals surface area (Å²) in [6.07, 6.45) is 2.11. The van der Waals surface area contributed by atoms with Gasteiger partial charge in [0.2, 0.25) is 11.8 Å². The number of alkyl carbamates (subject to hydrolysis) is 1. The van der Waals surface area contributed by atoms with Crippen LogP contribution in [-0.2, 0) is 23.9 Å². The number of thiazole rings is 1. The summed E-state index contributed by atoms with van der Waals surface area (Å²) < 4.78 is 24.3. The highest BCUT2D eigenvalue weighted by Gasteiger charge is 2.61. The van der Waals surface area contributed by atoms with E-state index in [1.807, 2.05) is 53.0 Å². The Morgan fingerprint density at radius 2 is 1.78 bits per heavy atom. The van der Waals surface area contributed by atoms with Gasteiger partial charge in [0, 0.05) is 48.9 Å². The fraction of sp³-hybridized carbons (Fsp3) is 0.644. The van der Waals surface area contributed by atoms with Crippen molar-refractivity contribution in [1.82, 2.24) is 30.4 Å². The second-order valence-corrected chi connectivity index (χ2v) is 20.4. The van der Waals surface area contributed by atoms with Crippen LogP contribution < -0.4 is 25.4 Å². The van der Waals surface area contributed by atoms with Gasteiger partial charge in [-0.3, -0.25) is 14.5 Å². The number of nitrogens with zero attached hydrogens (tertiary/aromatic N) is 4. The Bertz CT molecular complexity index is 2200. The van der Waals surface area contributed by atoms with E-state index in [1.54, 1.807) is 12.1 Å². The maximum absolute atomic E-state index is 14.8. The quantitative estimate of drug-likeness (QED) is 0.127. The number of pyridine rings is 1. The summed E-state index contributed by atoms with van der Waals surface area (Å²) in [6.45, 7) is 15.6. The monoisotopic (exact) mass is 909 g/mol. The lowest BCUT2D eigenvalue weighted by molar-refractivity contribution is -0.146. The van der Waals surface area contributed by atoms with E-state index in [0.29, 0.717) is 89.9 Å². The van der Waals surface area contributed by atoms with Gasteiger partial charge in [-0.15, -0.1) is 11.3 Å². The summed E-state index contributed by atoms with van der Waals surface area (Å²) >= 11 is 8.55. The summed E-state index contributed by atoms with van der Waals surface area (Å²) in [5.41, 5.74) is -0.683. The van der Waals surface area contributed by atoms with Crippen LogP contribution in [0.4, 0.5) is 9.93 Å². The molecular weight excluding hydrogens is 850 g/mol. The van der Waals surface area contributed by atoms with Crippen LogP contribution >= 0.6 is 22.9 Å². The summed E-state index contributed by atoms with van der Waals surface area (Å²) in [6, 6.07) is 3.38. The van der Waals surface area contributed by atoms with E-state index in [9.17, 15) is 24.3 Å². The zero-order valence-electron chi connectivity index (χ0n) is 36.9. The zero-order valence-corrected chi connectivity index (χ0v) is 38.5. The summed E-state index contributed by atoms with van der Waals surface area (Å²) in [4.78, 5) is 68.5. The van der Waals surface area contributed by atoms with Gasteiger partial charge >= 0.3 is 12.1 Å². The molecule has 5 aliphatic rings. The fourth-order valence-corrected chi connectivity index (χ4v) is 10.5. The normalized spacial score (nSPS) is 27.1. The second kappa shape index (κ2) is 18.2. The minimum absolute atomic E-state index is 0.0295. The molecule has 0 bridgehead atoms. The van der Waals surface area contributed by atoms with Crippen LogP contribution in [0.3, 0.4) is 0 Å². The molecule has 3 amide bonds. The van der Waals surface area contributed by atoms with Crippen LogP contribution in [-0.4, -0.2) is 131 Å². The highest BCUT2D eigenvalue weighted by Crippen LogP contribution is 2.52. The largest absolute Gasteiger partial charge is 0.491 e. The van der Waals surface area contributed by atoms with Crippen LogP contribution in [0.1, 0.15) is 80.1 Å². The Morgan fingerprint density at radius 1 is 1.03 bits per heavy atom. The number of carboxylic acids is 1. The number of benzene rings is 1. The zero-order chi connectivity index (χ0) is 44.8. The summed E-state index contributed by atoms with van der Waals surface area (Å²) in [7, 11) is 0. The lowest BCUT2D eigenvalue weighted by atomic mass is 9.85. The lowest BCUT2D eigenvalue weighted by Gasteiger charge is -2.35. The molecule has 2 saturated heterocycles. The van der Waals surface area contributed by atoms with E-state index in [2.05, 4.69) is 20.9 Å². The molecule has 3 saturated carbocycles. The smallest absolute Gasteiger partial charge is 0.408 e. The third-order valence-corrected chi connectivity index (χ3v) is 14.2. The van der Waals surface area contributed by atoms with Crippen LogP contribution in [0, 0.1) is 23.2 Å². The van der Waals surface area contributed by atoms with E-state index >= 15 is 0 Å². The summed E-state index contributed by atoms with van der Waals surface area (Å²) in [5.74, 6) is -0.376. The number of carbonyl (C=O) groups excluding carboxylic acids is 3. The Morgan fingerprint density at radius 3 is 2.44 bits per heavy atom. The van der Waals surface area contributed by atoms with Crippen molar-refractivity contribution in [2.24, 2.45) is 23.2 Å². The second-order valence-electron chi connectivity index (χ2n) is 19.2. The molecule has 63 heavy (non-hydrogen) atoms. The number of morpholine rings is 1. The molecule has 8 rings (SSSR count). The van der Waals surface area contributed by atoms with Crippen LogP contribution in [0.15, 0.2) is 23.6 Å². The number of aromatic nitrogens is 2. The highest BCUT2D eigenvalue weighted by molar-refractivity contribution is 7.14. The topological polar surface area (TPSA) is 194 Å². The number of carboxylic acid groups (broad SMARTS) is 1. The molecule has 18 heteroatoms. The molecule has 1 aromatic carbocycles. The predicted octanol–water partition coefficient (Wildman–Crippen LogP) is 6.20. The molecule has 2 aliphatic heterocycles. The minimum Gasteiger partial charge on any atom is -0.491 e. The molecule has 4 N–H and O–H groups in total. The van der Waals surface area contributed by atoms with Crippen LogP contribution in [0.5, 0.6) is 11.5 Å². The first-order valence-corrected chi connectivity index (χ1v) is 23.6. The van der Waals surface area contributed by atoms with Crippen molar-refractivity contribution in [3.8, 4) is 22.9 Å². The number of amides is 3. The van der Waals surface area contributed by atoms with Crippen molar-refractivity contribution in [3.05, 3.63) is 28.6 Å². The molecule has 0 radical (unpaired) electrons. The SMILES string of the molecule is CC[C@@H]1C[C@]1(NC(=O)C1C[C@@H](Oc2cc(-c3csc(NC(C)C)n3)nc3c(Cl)c(OCCN4CCOCC4)ccc23)CN1C(=O)[C@@H](NC(=O)OC1C[C@@H]2C[C@@H]2C1)C(C)(C)C)C(=O)O. The molecule has 5 fully saturated rings. The fourth-order valence-electron chi connectivity index (χ4n) is 9.38. The number of aliphatic carboxylic acids is 1. The molecule has 0 spiro atoms. The van der Waals surface area contributed by atoms with Gasteiger partial charge in [-0.2, -0.15) is 0 Å². The molecule has 2 aromatic heterocycles. The Balaban J connectivity index is 1.09. The highest BCUT2D eigenvalue weighted by atomic mass is 35.5. The van der Waals surface area contributed by atoms with Crippen molar-refractivity contribution in [1.29, 1.82) is 0 Å². The number of fused-ring (bicyclic) bond motifs is 2. The van der Waals surface area contributed by atoms with Crippen molar-refractivity contribution in [2.45, 2.75) is 116 Å². The van der Waals surface area contributed by atoms with Crippen molar-refractivity contribution in [3.63, 3.8) is 0 Å². The molecular formula is C45H60ClN7O9S. The number of ether oxygens (including phenoxy) is 4. The van der Waals surface area contributed by atoms with E-state index < -0.39 is 53.0 Å². The van der Waals surface area contributed by atoms with E-state index in [1.165, 1.54) is 22.7 Å². The van der Waals surface area contributed by atoms with Gasteiger partial charge in [0.15, 0.2) is 5.13 Å². The molecule has 3 aliphatic carbocycles. The number of likely N-dealkylation sites (tertiary alicyclic amines) is 1. The molecule has 3 aromatic rings. The average Bonchev–Trinajstić information content (AvgIpc) is 3.91. The van der Waals surface area contributed by atoms with Gasteiger partial charge in [-0.05, 0) is 74.8 Å². The van der Waals surface area contributed by atoms with Gasteiger partial charge in [-0.1, -0.05) is 45.7 Å². The Labute approximate surface area is 377 Å². The van der Waals surface area contributed by atoms with E-state index in [-0.39, 0.29) is 31.0 Å².